The highest BCUT2D eigenvalue weighted by molar-refractivity contribution is 7.81. The Labute approximate surface area is 80.5 Å². The van der Waals surface area contributed by atoms with Crippen LogP contribution in [0.2, 0.25) is 0 Å². The summed E-state index contributed by atoms with van der Waals surface area (Å²) in [5, 5.41) is 3.20. The van der Waals surface area contributed by atoms with Gasteiger partial charge >= 0.3 is 0 Å². The van der Waals surface area contributed by atoms with E-state index in [4.69, 9.17) is 0 Å². The SMILES string of the molecule is CCCC(NC(C)=O)C(S)CC. The van der Waals surface area contributed by atoms with Gasteiger partial charge < -0.3 is 5.32 Å². The van der Waals surface area contributed by atoms with Crippen LogP contribution in [0.1, 0.15) is 40.0 Å². The van der Waals surface area contributed by atoms with Crippen molar-refractivity contribution in [3.63, 3.8) is 0 Å². The van der Waals surface area contributed by atoms with Gasteiger partial charge in [-0.3, -0.25) is 4.79 Å². The maximum Gasteiger partial charge on any atom is 0.217 e. The van der Waals surface area contributed by atoms with Crippen LogP contribution in [0, 0.1) is 0 Å². The molecule has 0 saturated heterocycles. The molecule has 0 spiro atoms. The number of carbonyl (C=O) groups is 1. The fourth-order valence-electron chi connectivity index (χ4n) is 1.22. The van der Waals surface area contributed by atoms with Crippen molar-refractivity contribution in [3.8, 4) is 0 Å². The van der Waals surface area contributed by atoms with E-state index < -0.39 is 0 Å². The molecule has 0 aliphatic rings. The Kier molecular flexibility index (Phi) is 6.25. The average Bonchev–Trinajstić information content (AvgIpc) is 2.01. The fraction of sp³-hybridized carbons (Fsp3) is 0.889. The molecule has 3 heteroatoms. The van der Waals surface area contributed by atoms with Crippen LogP contribution in [0.25, 0.3) is 0 Å². The molecule has 0 aromatic rings. The molecule has 2 nitrogen and oxygen atoms in total. The lowest BCUT2D eigenvalue weighted by Crippen LogP contribution is -2.39. The zero-order valence-corrected chi connectivity index (χ0v) is 9.03. The standard InChI is InChI=1S/C9H19NOS/c1-4-6-8(9(12)5-2)10-7(3)11/h8-9,12H,4-6H2,1-3H3,(H,10,11). The number of thiol groups is 1. The molecular formula is C9H19NOS. The van der Waals surface area contributed by atoms with Crippen molar-refractivity contribution in [2.24, 2.45) is 0 Å². The highest BCUT2D eigenvalue weighted by Crippen LogP contribution is 2.11. The van der Waals surface area contributed by atoms with Crippen LogP contribution in [0.4, 0.5) is 0 Å². The first-order valence-electron chi connectivity index (χ1n) is 4.57. The van der Waals surface area contributed by atoms with E-state index in [2.05, 4.69) is 31.8 Å². The van der Waals surface area contributed by atoms with Gasteiger partial charge in [-0.05, 0) is 12.8 Å². The number of amides is 1. The van der Waals surface area contributed by atoms with Crippen LogP contribution in [-0.4, -0.2) is 17.2 Å². The second-order valence-corrected chi connectivity index (χ2v) is 3.73. The first-order chi connectivity index (χ1) is 5.61. The van der Waals surface area contributed by atoms with Gasteiger partial charge in [0.25, 0.3) is 0 Å². The van der Waals surface area contributed by atoms with Crippen LogP contribution in [0.3, 0.4) is 0 Å². The van der Waals surface area contributed by atoms with Crippen molar-refractivity contribution in [1.82, 2.24) is 5.32 Å². The summed E-state index contributed by atoms with van der Waals surface area (Å²) in [4.78, 5) is 10.8. The van der Waals surface area contributed by atoms with Gasteiger partial charge in [-0.1, -0.05) is 20.3 Å². The molecule has 0 fully saturated rings. The third-order valence-corrected chi connectivity index (χ3v) is 2.60. The van der Waals surface area contributed by atoms with Crippen molar-refractivity contribution < 1.29 is 4.79 Å². The van der Waals surface area contributed by atoms with Crippen molar-refractivity contribution in [3.05, 3.63) is 0 Å². The van der Waals surface area contributed by atoms with E-state index in [0.717, 1.165) is 19.3 Å². The molecule has 0 aromatic carbocycles. The zero-order valence-electron chi connectivity index (χ0n) is 8.13. The summed E-state index contributed by atoms with van der Waals surface area (Å²) in [6, 6.07) is 0.237. The molecular weight excluding hydrogens is 170 g/mol. The molecule has 0 aliphatic carbocycles. The zero-order chi connectivity index (χ0) is 9.56. The van der Waals surface area contributed by atoms with Gasteiger partial charge in [0.2, 0.25) is 5.91 Å². The van der Waals surface area contributed by atoms with Gasteiger partial charge in [0.15, 0.2) is 0 Å². The predicted molar refractivity (Wildman–Crippen MR) is 55.6 cm³/mol. The highest BCUT2D eigenvalue weighted by Gasteiger charge is 2.15. The van der Waals surface area contributed by atoms with Gasteiger partial charge in [-0.2, -0.15) is 12.6 Å². The van der Waals surface area contributed by atoms with Crippen LogP contribution in [0.5, 0.6) is 0 Å². The summed E-state index contributed by atoms with van der Waals surface area (Å²) in [6.45, 7) is 5.76. The van der Waals surface area contributed by atoms with E-state index in [1.54, 1.807) is 6.92 Å². The van der Waals surface area contributed by atoms with Crippen LogP contribution >= 0.6 is 12.6 Å². The fourth-order valence-corrected chi connectivity index (χ4v) is 1.44. The van der Waals surface area contributed by atoms with E-state index in [1.165, 1.54) is 0 Å². The third kappa shape index (κ3) is 4.65. The third-order valence-electron chi connectivity index (χ3n) is 1.87. The molecule has 0 heterocycles. The number of carbonyl (C=O) groups excluding carboxylic acids is 1. The van der Waals surface area contributed by atoms with Crippen LogP contribution in [0.15, 0.2) is 0 Å². The van der Waals surface area contributed by atoms with E-state index in [0.29, 0.717) is 0 Å². The summed E-state index contributed by atoms with van der Waals surface area (Å²) in [6.07, 6.45) is 3.09. The maximum absolute atomic E-state index is 10.8. The molecule has 1 N–H and O–H groups in total. The predicted octanol–water partition coefficient (Wildman–Crippen LogP) is 2.00. The molecule has 2 atom stereocenters. The first kappa shape index (κ1) is 11.8. The van der Waals surface area contributed by atoms with Crippen LogP contribution < -0.4 is 5.32 Å². The van der Waals surface area contributed by atoms with Crippen molar-refractivity contribution in [2.45, 2.75) is 51.3 Å². The second-order valence-electron chi connectivity index (χ2n) is 3.07. The Morgan fingerprint density at radius 3 is 2.42 bits per heavy atom. The smallest absolute Gasteiger partial charge is 0.217 e. The highest BCUT2D eigenvalue weighted by atomic mass is 32.1. The van der Waals surface area contributed by atoms with Gasteiger partial charge in [0.1, 0.15) is 0 Å². The molecule has 2 unspecified atom stereocenters. The molecule has 0 bridgehead atoms. The molecule has 0 radical (unpaired) electrons. The summed E-state index contributed by atoms with van der Waals surface area (Å²) in [5.41, 5.74) is 0. The number of nitrogens with one attached hydrogen (secondary N) is 1. The van der Waals surface area contributed by atoms with E-state index in [9.17, 15) is 4.79 Å². The molecule has 0 rings (SSSR count). The Morgan fingerprint density at radius 1 is 1.50 bits per heavy atom. The largest absolute Gasteiger partial charge is 0.353 e. The van der Waals surface area contributed by atoms with E-state index in [-0.39, 0.29) is 17.2 Å². The van der Waals surface area contributed by atoms with Gasteiger partial charge in [-0.15, -0.1) is 0 Å². The van der Waals surface area contributed by atoms with E-state index in [1.807, 2.05) is 0 Å². The van der Waals surface area contributed by atoms with Crippen molar-refractivity contribution in [2.75, 3.05) is 0 Å². The van der Waals surface area contributed by atoms with Gasteiger partial charge in [-0.25, -0.2) is 0 Å². The topological polar surface area (TPSA) is 29.1 Å². The summed E-state index contributed by atoms with van der Waals surface area (Å²) in [7, 11) is 0. The second kappa shape index (κ2) is 6.35. The lowest BCUT2D eigenvalue weighted by molar-refractivity contribution is -0.119. The molecule has 72 valence electrons. The van der Waals surface area contributed by atoms with Crippen molar-refractivity contribution in [1.29, 1.82) is 0 Å². The first-order valence-corrected chi connectivity index (χ1v) is 5.08. The molecule has 0 aliphatic heterocycles. The molecule has 0 aromatic heterocycles. The number of hydrogen-bond acceptors (Lipinski definition) is 2. The summed E-state index contributed by atoms with van der Waals surface area (Å²) in [5.74, 6) is 0.0425. The normalized spacial score (nSPS) is 15.3. The summed E-state index contributed by atoms with van der Waals surface area (Å²) >= 11 is 4.42. The minimum atomic E-state index is 0.0425. The lowest BCUT2D eigenvalue weighted by atomic mass is 10.1. The van der Waals surface area contributed by atoms with E-state index >= 15 is 0 Å². The minimum absolute atomic E-state index is 0.0425. The molecule has 0 saturated carbocycles. The number of hydrogen-bond donors (Lipinski definition) is 2. The Bertz CT molecular complexity index is 138. The van der Waals surface area contributed by atoms with Gasteiger partial charge in [0, 0.05) is 18.2 Å². The lowest BCUT2D eigenvalue weighted by Gasteiger charge is -2.22. The average molecular weight is 189 g/mol. The Hall–Kier alpha value is -0.180. The van der Waals surface area contributed by atoms with Crippen molar-refractivity contribution >= 4 is 18.5 Å². The number of rotatable bonds is 5. The maximum atomic E-state index is 10.8. The Balaban J connectivity index is 3.93. The Morgan fingerprint density at radius 2 is 2.08 bits per heavy atom. The van der Waals surface area contributed by atoms with Crippen LogP contribution in [-0.2, 0) is 4.79 Å². The monoisotopic (exact) mass is 189 g/mol. The van der Waals surface area contributed by atoms with Gasteiger partial charge in [0.05, 0.1) is 0 Å². The summed E-state index contributed by atoms with van der Waals surface area (Å²) < 4.78 is 0. The molecule has 1 amide bonds. The minimum Gasteiger partial charge on any atom is -0.353 e. The molecule has 12 heavy (non-hydrogen) atoms. The quantitative estimate of drug-likeness (QED) is 0.636.